The summed E-state index contributed by atoms with van der Waals surface area (Å²) in [5.41, 5.74) is 1.99. The highest BCUT2D eigenvalue weighted by Crippen LogP contribution is 2.24. The van der Waals surface area contributed by atoms with Crippen LogP contribution in [0.3, 0.4) is 0 Å². The van der Waals surface area contributed by atoms with Crippen LogP contribution < -0.4 is 4.90 Å². The molecule has 1 amide bonds. The molecule has 4 nitrogen and oxygen atoms in total. The number of anilines is 2. The Morgan fingerprint density at radius 3 is 2.28 bits per heavy atom. The van der Waals surface area contributed by atoms with E-state index in [1.165, 1.54) is 4.90 Å². The van der Waals surface area contributed by atoms with Crippen LogP contribution >= 0.6 is 12.4 Å². The molecule has 94 valence electrons. The Hall–Kier alpha value is -2.07. The number of amides is 1. The molecule has 0 aliphatic rings. The number of carbonyl (C=O) groups is 1. The van der Waals surface area contributed by atoms with Crippen LogP contribution in [0.1, 0.15) is 5.69 Å². The third-order valence-electron chi connectivity index (χ3n) is 2.36. The molecule has 0 unspecified atom stereocenters. The quantitative estimate of drug-likeness (QED) is 0.901. The average Bonchev–Trinajstić information content (AvgIpc) is 2.33. The third-order valence-corrected chi connectivity index (χ3v) is 2.36. The van der Waals surface area contributed by atoms with Gasteiger partial charge in [-0.1, -0.05) is 18.2 Å². The molecule has 0 aliphatic heterocycles. The first kappa shape index (κ1) is 14.0. The van der Waals surface area contributed by atoms with Gasteiger partial charge in [-0.15, -0.1) is 12.4 Å². The SMILES string of the molecule is Cc1ccc(N(C(=O)O)c2ccccc2)cn1.Cl. The van der Waals surface area contributed by atoms with Crippen molar-refractivity contribution >= 4 is 29.9 Å². The first-order valence-corrected chi connectivity index (χ1v) is 5.19. The van der Waals surface area contributed by atoms with Crippen LogP contribution in [-0.4, -0.2) is 16.2 Å². The number of para-hydroxylation sites is 1. The van der Waals surface area contributed by atoms with E-state index in [1.54, 1.807) is 42.6 Å². The second-order valence-electron chi connectivity index (χ2n) is 3.61. The van der Waals surface area contributed by atoms with Crippen LogP contribution in [0, 0.1) is 6.92 Å². The largest absolute Gasteiger partial charge is 0.464 e. The fourth-order valence-corrected chi connectivity index (χ4v) is 1.54. The third kappa shape index (κ3) is 2.99. The molecule has 0 saturated carbocycles. The molecule has 0 spiro atoms. The topological polar surface area (TPSA) is 53.4 Å². The number of aryl methyl sites for hydroxylation is 1. The van der Waals surface area contributed by atoms with Crippen molar-refractivity contribution in [1.82, 2.24) is 4.98 Å². The van der Waals surface area contributed by atoms with Gasteiger partial charge in [-0.25, -0.2) is 9.69 Å². The van der Waals surface area contributed by atoms with Gasteiger partial charge < -0.3 is 5.11 Å². The summed E-state index contributed by atoms with van der Waals surface area (Å²) in [6.45, 7) is 1.86. The molecule has 1 aromatic carbocycles. The van der Waals surface area contributed by atoms with Crippen molar-refractivity contribution in [2.24, 2.45) is 0 Å². The Bertz CT molecular complexity index is 514. The van der Waals surface area contributed by atoms with Gasteiger partial charge in [-0.2, -0.15) is 0 Å². The summed E-state index contributed by atoms with van der Waals surface area (Å²) in [5, 5.41) is 9.25. The zero-order chi connectivity index (χ0) is 12.3. The molecule has 0 saturated heterocycles. The van der Waals surface area contributed by atoms with Crippen molar-refractivity contribution in [3.63, 3.8) is 0 Å². The highest BCUT2D eigenvalue weighted by atomic mass is 35.5. The van der Waals surface area contributed by atoms with E-state index in [2.05, 4.69) is 4.98 Å². The lowest BCUT2D eigenvalue weighted by Crippen LogP contribution is -2.23. The van der Waals surface area contributed by atoms with Crippen molar-refractivity contribution in [3.8, 4) is 0 Å². The van der Waals surface area contributed by atoms with Gasteiger partial charge in [0.1, 0.15) is 0 Å². The Morgan fingerprint density at radius 1 is 1.11 bits per heavy atom. The number of hydrogen-bond acceptors (Lipinski definition) is 2. The number of hydrogen-bond donors (Lipinski definition) is 1. The lowest BCUT2D eigenvalue weighted by molar-refractivity contribution is 0.205. The van der Waals surface area contributed by atoms with E-state index in [4.69, 9.17) is 0 Å². The average molecular weight is 265 g/mol. The van der Waals surface area contributed by atoms with E-state index in [0.29, 0.717) is 11.4 Å². The second kappa shape index (κ2) is 6.02. The van der Waals surface area contributed by atoms with Crippen molar-refractivity contribution in [2.45, 2.75) is 6.92 Å². The Morgan fingerprint density at radius 2 is 1.78 bits per heavy atom. The molecule has 0 fully saturated rings. The van der Waals surface area contributed by atoms with E-state index < -0.39 is 6.09 Å². The lowest BCUT2D eigenvalue weighted by Gasteiger charge is -2.18. The van der Waals surface area contributed by atoms with Crippen molar-refractivity contribution < 1.29 is 9.90 Å². The van der Waals surface area contributed by atoms with E-state index in [0.717, 1.165) is 5.69 Å². The van der Waals surface area contributed by atoms with Crippen LogP contribution in [-0.2, 0) is 0 Å². The minimum atomic E-state index is -1.03. The Balaban J connectivity index is 0.00000162. The smallest absolute Gasteiger partial charge is 0.416 e. The molecule has 5 heteroatoms. The van der Waals surface area contributed by atoms with E-state index in [9.17, 15) is 9.90 Å². The van der Waals surface area contributed by atoms with Gasteiger partial charge in [0.25, 0.3) is 0 Å². The van der Waals surface area contributed by atoms with Crippen molar-refractivity contribution in [1.29, 1.82) is 0 Å². The maximum atomic E-state index is 11.3. The molecule has 18 heavy (non-hydrogen) atoms. The molecule has 1 aromatic heterocycles. The maximum Gasteiger partial charge on any atom is 0.416 e. The van der Waals surface area contributed by atoms with Crippen LogP contribution in [0.15, 0.2) is 48.7 Å². The lowest BCUT2D eigenvalue weighted by atomic mass is 10.2. The van der Waals surface area contributed by atoms with Crippen molar-refractivity contribution in [3.05, 3.63) is 54.4 Å². The summed E-state index contributed by atoms with van der Waals surface area (Å²) >= 11 is 0. The predicted octanol–water partition coefficient (Wildman–Crippen LogP) is 3.63. The monoisotopic (exact) mass is 264 g/mol. The summed E-state index contributed by atoms with van der Waals surface area (Å²) in [5.74, 6) is 0. The summed E-state index contributed by atoms with van der Waals surface area (Å²) in [6.07, 6.45) is 0.526. The summed E-state index contributed by atoms with van der Waals surface area (Å²) < 4.78 is 0. The molecule has 0 aliphatic carbocycles. The van der Waals surface area contributed by atoms with Crippen LogP contribution in [0.5, 0.6) is 0 Å². The molecule has 0 atom stereocenters. The number of carboxylic acid groups (broad SMARTS) is 1. The molecular formula is C13H13ClN2O2. The Kier molecular flexibility index (Phi) is 4.68. The van der Waals surface area contributed by atoms with Gasteiger partial charge in [-0.05, 0) is 31.2 Å². The molecule has 2 rings (SSSR count). The first-order chi connectivity index (χ1) is 8.18. The first-order valence-electron chi connectivity index (χ1n) is 5.19. The van der Waals surface area contributed by atoms with Crippen LogP contribution in [0.25, 0.3) is 0 Å². The van der Waals surface area contributed by atoms with E-state index in [-0.39, 0.29) is 12.4 Å². The summed E-state index contributed by atoms with van der Waals surface area (Å²) in [6, 6.07) is 12.5. The normalized spacial score (nSPS) is 9.39. The van der Waals surface area contributed by atoms with Gasteiger partial charge in [0.15, 0.2) is 0 Å². The van der Waals surface area contributed by atoms with Gasteiger partial charge >= 0.3 is 6.09 Å². The molecule has 1 N–H and O–H groups in total. The fourth-order valence-electron chi connectivity index (χ4n) is 1.54. The van der Waals surface area contributed by atoms with Crippen molar-refractivity contribution in [2.75, 3.05) is 4.90 Å². The molecule has 1 heterocycles. The van der Waals surface area contributed by atoms with Crippen LogP contribution in [0.2, 0.25) is 0 Å². The number of nitrogens with zero attached hydrogens (tertiary/aromatic N) is 2. The highest BCUT2D eigenvalue weighted by molar-refractivity contribution is 5.94. The number of aromatic nitrogens is 1. The molecule has 2 aromatic rings. The zero-order valence-electron chi connectivity index (χ0n) is 9.78. The van der Waals surface area contributed by atoms with E-state index in [1.807, 2.05) is 13.0 Å². The highest BCUT2D eigenvalue weighted by Gasteiger charge is 2.16. The zero-order valence-corrected chi connectivity index (χ0v) is 10.6. The maximum absolute atomic E-state index is 11.3. The summed E-state index contributed by atoms with van der Waals surface area (Å²) in [7, 11) is 0. The minimum Gasteiger partial charge on any atom is -0.464 e. The number of halogens is 1. The van der Waals surface area contributed by atoms with Gasteiger partial charge in [0, 0.05) is 5.69 Å². The van der Waals surface area contributed by atoms with Crippen LogP contribution in [0.4, 0.5) is 16.2 Å². The van der Waals surface area contributed by atoms with E-state index >= 15 is 0 Å². The predicted molar refractivity (Wildman–Crippen MR) is 72.8 cm³/mol. The molecule has 0 radical (unpaired) electrons. The second-order valence-corrected chi connectivity index (χ2v) is 3.61. The number of benzene rings is 1. The Labute approximate surface area is 111 Å². The molecule has 0 bridgehead atoms. The van der Waals surface area contributed by atoms with Gasteiger partial charge in [-0.3, -0.25) is 4.98 Å². The van der Waals surface area contributed by atoms with Gasteiger partial charge in [0.05, 0.1) is 17.6 Å². The minimum absolute atomic E-state index is 0. The number of pyridine rings is 1. The molecular weight excluding hydrogens is 252 g/mol. The fraction of sp³-hybridized carbons (Fsp3) is 0.0769. The summed E-state index contributed by atoms with van der Waals surface area (Å²) in [4.78, 5) is 16.6. The standard InChI is InChI=1S/C13H12N2O2.ClH/c1-10-7-8-12(9-14-10)15(13(16)17)11-5-3-2-4-6-11;/h2-9H,1H3,(H,16,17);1H. The number of rotatable bonds is 2. The van der Waals surface area contributed by atoms with Gasteiger partial charge in [0.2, 0.25) is 0 Å².